The van der Waals surface area contributed by atoms with Crippen molar-refractivity contribution in [3.05, 3.63) is 12.4 Å². The molecule has 20 heavy (non-hydrogen) atoms. The van der Waals surface area contributed by atoms with Gasteiger partial charge in [0.05, 0.1) is 18.2 Å². The normalized spacial score (nSPS) is 22.2. The molecule has 0 spiro atoms. The summed E-state index contributed by atoms with van der Waals surface area (Å²) in [6, 6.07) is 1.83. The smallest absolute Gasteiger partial charge is 0.218 e. The fourth-order valence-corrected chi connectivity index (χ4v) is 2.47. The summed E-state index contributed by atoms with van der Waals surface area (Å²) < 4.78 is 10.9. The molecule has 0 radical (unpaired) electrons. The van der Waals surface area contributed by atoms with E-state index >= 15 is 0 Å². The van der Waals surface area contributed by atoms with Crippen LogP contribution in [0.1, 0.15) is 26.7 Å². The minimum Gasteiger partial charge on any atom is -0.475 e. The van der Waals surface area contributed by atoms with E-state index in [9.17, 15) is 0 Å². The topological polar surface area (TPSA) is 68.3 Å². The molecule has 1 saturated heterocycles. The van der Waals surface area contributed by atoms with Crippen LogP contribution in [0.2, 0.25) is 0 Å². The van der Waals surface area contributed by atoms with Crippen molar-refractivity contribution in [2.75, 3.05) is 32.1 Å². The Morgan fingerprint density at radius 2 is 2.30 bits per heavy atom. The average molecular weight is 280 g/mol. The lowest BCUT2D eigenvalue weighted by Gasteiger charge is -2.29. The van der Waals surface area contributed by atoms with Gasteiger partial charge in [-0.15, -0.1) is 0 Å². The average Bonchev–Trinajstić information content (AvgIpc) is 2.86. The third-order valence-electron chi connectivity index (χ3n) is 3.36. The Kier molecular flexibility index (Phi) is 5.14. The molecule has 1 atom stereocenters. The number of nitrogens with zero attached hydrogens (tertiary/aromatic N) is 2. The summed E-state index contributed by atoms with van der Waals surface area (Å²) in [5, 5.41) is 6.88. The second kappa shape index (κ2) is 6.85. The Morgan fingerprint density at radius 3 is 2.95 bits per heavy atom. The predicted molar refractivity (Wildman–Crippen MR) is 78.1 cm³/mol. The molecule has 1 fully saturated rings. The molecule has 112 valence electrons. The van der Waals surface area contributed by atoms with Crippen molar-refractivity contribution in [2.45, 2.75) is 38.3 Å². The lowest BCUT2D eigenvalue weighted by atomic mass is 9.99. The van der Waals surface area contributed by atoms with Crippen molar-refractivity contribution in [3.63, 3.8) is 0 Å². The summed E-state index contributed by atoms with van der Waals surface area (Å²) >= 11 is 0. The van der Waals surface area contributed by atoms with Gasteiger partial charge in [-0.3, -0.25) is 0 Å². The zero-order valence-corrected chi connectivity index (χ0v) is 12.5. The van der Waals surface area contributed by atoms with Crippen LogP contribution in [0, 0.1) is 0 Å². The van der Waals surface area contributed by atoms with Crippen molar-refractivity contribution in [2.24, 2.45) is 0 Å². The third-order valence-corrected chi connectivity index (χ3v) is 3.36. The first-order valence-electron chi connectivity index (χ1n) is 7.10. The summed E-state index contributed by atoms with van der Waals surface area (Å²) in [7, 11) is 1.74. The highest BCUT2D eigenvalue weighted by molar-refractivity contribution is 5.37. The minimum atomic E-state index is -0.00122. The number of anilines is 1. The zero-order chi connectivity index (χ0) is 14.4. The van der Waals surface area contributed by atoms with Crippen LogP contribution in [0.5, 0.6) is 5.88 Å². The van der Waals surface area contributed by atoms with Gasteiger partial charge in [0.15, 0.2) is 0 Å². The van der Waals surface area contributed by atoms with E-state index in [1.54, 1.807) is 7.11 Å². The van der Waals surface area contributed by atoms with Gasteiger partial charge in [0.1, 0.15) is 12.1 Å². The van der Waals surface area contributed by atoms with E-state index < -0.39 is 0 Å². The van der Waals surface area contributed by atoms with Gasteiger partial charge in [0.2, 0.25) is 5.88 Å². The van der Waals surface area contributed by atoms with Crippen LogP contribution >= 0.6 is 0 Å². The molecule has 1 aliphatic heterocycles. The molecule has 2 heterocycles. The summed E-state index contributed by atoms with van der Waals surface area (Å²) in [5.41, 5.74) is -0.00122. The van der Waals surface area contributed by atoms with Crippen molar-refractivity contribution < 1.29 is 9.47 Å². The third kappa shape index (κ3) is 4.05. The van der Waals surface area contributed by atoms with Gasteiger partial charge >= 0.3 is 0 Å². The Labute approximate surface area is 120 Å². The van der Waals surface area contributed by atoms with Gasteiger partial charge in [-0.1, -0.05) is 0 Å². The minimum absolute atomic E-state index is 0.00122. The second-order valence-electron chi connectivity index (χ2n) is 5.51. The Balaban J connectivity index is 1.95. The van der Waals surface area contributed by atoms with Crippen LogP contribution in [0.15, 0.2) is 12.4 Å². The van der Waals surface area contributed by atoms with Crippen molar-refractivity contribution in [3.8, 4) is 5.88 Å². The molecule has 1 aliphatic rings. The molecule has 0 amide bonds. The van der Waals surface area contributed by atoms with Crippen molar-refractivity contribution in [1.82, 2.24) is 15.3 Å². The van der Waals surface area contributed by atoms with Crippen LogP contribution < -0.4 is 15.4 Å². The second-order valence-corrected chi connectivity index (χ2v) is 5.51. The number of aromatic nitrogens is 2. The quantitative estimate of drug-likeness (QED) is 0.788. The first-order valence-corrected chi connectivity index (χ1v) is 7.10. The molecule has 1 aromatic rings. The zero-order valence-electron chi connectivity index (χ0n) is 12.5. The molecule has 0 aromatic carbocycles. The number of methoxy groups -OCH3 is 1. The Morgan fingerprint density at radius 1 is 1.45 bits per heavy atom. The maximum absolute atomic E-state index is 5.57. The first-order chi connectivity index (χ1) is 9.63. The maximum atomic E-state index is 5.57. The summed E-state index contributed by atoms with van der Waals surface area (Å²) in [6.45, 7) is 6.46. The van der Waals surface area contributed by atoms with Gasteiger partial charge < -0.3 is 20.1 Å². The summed E-state index contributed by atoms with van der Waals surface area (Å²) in [5.74, 6) is 1.37. The molecule has 0 aliphatic carbocycles. The lowest BCUT2D eigenvalue weighted by Crippen LogP contribution is -2.49. The lowest BCUT2D eigenvalue weighted by molar-refractivity contribution is 0.127. The largest absolute Gasteiger partial charge is 0.475 e. The molecule has 1 aromatic heterocycles. The van der Waals surface area contributed by atoms with E-state index in [1.165, 1.54) is 12.7 Å². The standard InChI is InChI=1S/C14H24N4O2/c1-11(2)20-13-7-12(16-10-17-13)15-8-14(9-19-3)5-4-6-18-14/h7,10-11,18H,4-6,8-9H2,1-3H3,(H,15,16,17). The van der Waals surface area contributed by atoms with Gasteiger partial charge in [0.25, 0.3) is 0 Å². The van der Waals surface area contributed by atoms with Gasteiger partial charge in [0, 0.05) is 19.7 Å². The summed E-state index contributed by atoms with van der Waals surface area (Å²) in [4.78, 5) is 8.33. The molecule has 6 nitrogen and oxygen atoms in total. The van der Waals surface area contributed by atoms with E-state index in [2.05, 4.69) is 20.6 Å². The van der Waals surface area contributed by atoms with Gasteiger partial charge in [-0.25, -0.2) is 9.97 Å². The highest BCUT2D eigenvalue weighted by atomic mass is 16.5. The van der Waals surface area contributed by atoms with E-state index in [0.29, 0.717) is 12.5 Å². The number of nitrogens with one attached hydrogen (secondary N) is 2. The van der Waals surface area contributed by atoms with E-state index in [0.717, 1.165) is 25.3 Å². The van der Waals surface area contributed by atoms with Crippen LogP contribution in [0.25, 0.3) is 0 Å². The van der Waals surface area contributed by atoms with E-state index in [-0.39, 0.29) is 11.6 Å². The number of rotatable bonds is 7. The number of hydrogen-bond acceptors (Lipinski definition) is 6. The van der Waals surface area contributed by atoms with E-state index in [1.807, 2.05) is 19.9 Å². The first kappa shape index (κ1) is 15.0. The van der Waals surface area contributed by atoms with Gasteiger partial charge in [-0.2, -0.15) is 0 Å². The molecule has 0 saturated carbocycles. The SMILES string of the molecule is COCC1(CNc2cc(OC(C)C)ncn2)CCCN1. The maximum Gasteiger partial charge on any atom is 0.218 e. The fraction of sp³-hybridized carbons (Fsp3) is 0.714. The van der Waals surface area contributed by atoms with Crippen LogP contribution in [0.3, 0.4) is 0 Å². The van der Waals surface area contributed by atoms with Crippen LogP contribution in [-0.2, 0) is 4.74 Å². The monoisotopic (exact) mass is 280 g/mol. The molecule has 1 unspecified atom stereocenters. The van der Waals surface area contributed by atoms with Crippen LogP contribution in [0.4, 0.5) is 5.82 Å². The Bertz CT molecular complexity index is 419. The van der Waals surface area contributed by atoms with Crippen molar-refractivity contribution in [1.29, 1.82) is 0 Å². The van der Waals surface area contributed by atoms with E-state index in [4.69, 9.17) is 9.47 Å². The summed E-state index contributed by atoms with van der Waals surface area (Å²) in [6.07, 6.45) is 3.91. The molecule has 0 bridgehead atoms. The fourth-order valence-electron chi connectivity index (χ4n) is 2.47. The molecular weight excluding hydrogens is 256 g/mol. The predicted octanol–water partition coefficient (Wildman–Crippen LogP) is 1.44. The van der Waals surface area contributed by atoms with Gasteiger partial charge in [-0.05, 0) is 33.2 Å². The molecular formula is C14H24N4O2. The number of hydrogen-bond donors (Lipinski definition) is 2. The molecule has 2 N–H and O–H groups in total. The highest BCUT2D eigenvalue weighted by Crippen LogP contribution is 2.21. The molecule has 2 rings (SSSR count). The van der Waals surface area contributed by atoms with Crippen LogP contribution in [-0.4, -0.2) is 48.4 Å². The van der Waals surface area contributed by atoms with Crippen molar-refractivity contribution >= 4 is 5.82 Å². The molecule has 6 heteroatoms. The number of ether oxygens (including phenoxy) is 2. The Hall–Kier alpha value is -1.40. The highest BCUT2D eigenvalue weighted by Gasteiger charge is 2.33.